The highest BCUT2D eigenvalue weighted by Crippen LogP contribution is 2.25. The van der Waals surface area contributed by atoms with E-state index in [-0.39, 0.29) is 22.6 Å². The smallest absolute Gasteiger partial charge is 0.336 e. The highest BCUT2D eigenvalue weighted by atomic mass is 79.9. The summed E-state index contributed by atoms with van der Waals surface area (Å²) >= 11 is 3.15. The van der Waals surface area contributed by atoms with E-state index >= 15 is 0 Å². The molecule has 0 radical (unpaired) electrons. The largest absolute Gasteiger partial charge is 0.478 e. The van der Waals surface area contributed by atoms with Gasteiger partial charge in [0.1, 0.15) is 0 Å². The van der Waals surface area contributed by atoms with Crippen molar-refractivity contribution in [1.82, 2.24) is 4.72 Å². The Balaban J connectivity index is 2.29. The predicted molar refractivity (Wildman–Crippen MR) is 84.5 cm³/mol. The summed E-state index contributed by atoms with van der Waals surface area (Å²) in [5, 5.41) is 9.15. The molecule has 22 heavy (non-hydrogen) atoms. The van der Waals surface area contributed by atoms with E-state index in [4.69, 9.17) is 9.84 Å². The number of aromatic carboxylic acids is 1. The number of ether oxygens (including phenoxy) is 1. The van der Waals surface area contributed by atoms with Gasteiger partial charge < -0.3 is 9.84 Å². The van der Waals surface area contributed by atoms with Crippen molar-refractivity contribution in [3.8, 4) is 0 Å². The van der Waals surface area contributed by atoms with E-state index in [0.717, 1.165) is 12.0 Å². The highest BCUT2D eigenvalue weighted by Gasteiger charge is 2.22. The molecule has 0 spiro atoms. The lowest BCUT2D eigenvalue weighted by Crippen LogP contribution is -2.29. The first kappa shape index (κ1) is 17.1. The summed E-state index contributed by atoms with van der Waals surface area (Å²) in [6.45, 7) is 2.67. The fourth-order valence-corrected chi connectivity index (χ4v) is 4.09. The SMILES string of the molecule is Cc1c(C(=O)O)cc(Br)cc1S(=O)(=O)NCC1=CCCOC1. The van der Waals surface area contributed by atoms with Gasteiger partial charge >= 0.3 is 5.97 Å². The molecule has 0 fully saturated rings. The minimum atomic E-state index is -3.81. The number of carboxylic acids is 1. The van der Waals surface area contributed by atoms with Crippen LogP contribution in [-0.4, -0.2) is 39.3 Å². The van der Waals surface area contributed by atoms with Crippen molar-refractivity contribution in [2.45, 2.75) is 18.2 Å². The van der Waals surface area contributed by atoms with Crippen LogP contribution in [0.1, 0.15) is 22.3 Å². The molecule has 2 rings (SSSR count). The van der Waals surface area contributed by atoms with Crippen molar-refractivity contribution in [3.63, 3.8) is 0 Å². The number of sulfonamides is 1. The van der Waals surface area contributed by atoms with Gasteiger partial charge in [-0.2, -0.15) is 0 Å². The number of halogens is 1. The second-order valence-corrected chi connectivity index (χ2v) is 7.56. The molecule has 1 heterocycles. The maximum Gasteiger partial charge on any atom is 0.336 e. The van der Waals surface area contributed by atoms with E-state index < -0.39 is 16.0 Å². The van der Waals surface area contributed by atoms with Gasteiger partial charge in [-0.1, -0.05) is 22.0 Å². The number of hydrogen-bond acceptors (Lipinski definition) is 4. The number of carbonyl (C=O) groups is 1. The molecule has 0 unspecified atom stereocenters. The Labute approximate surface area is 137 Å². The van der Waals surface area contributed by atoms with Gasteiger partial charge in [0, 0.05) is 11.0 Å². The summed E-state index contributed by atoms with van der Waals surface area (Å²) in [6.07, 6.45) is 2.71. The lowest BCUT2D eigenvalue weighted by molar-refractivity contribution is 0.0695. The van der Waals surface area contributed by atoms with Gasteiger partial charge in [0.05, 0.1) is 23.7 Å². The third-order valence-electron chi connectivity index (χ3n) is 3.32. The molecule has 0 aromatic heterocycles. The van der Waals surface area contributed by atoms with Gasteiger partial charge in [0.25, 0.3) is 0 Å². The number of nitrogens with one attached hydrogen (secondary N) is 1. The van der Waals surface area contributed by atoms with Crippen molar-refractivity contribution < 1.29 is 23.1 Å². The van der Waals surface area contributed by atoms with Gasteiger partial charge in [-0.15, -0.1) is 0 Å². The minimum Gasteiger partial charge on any atom is -0.478 e. The van der Waals surface area contributed by atoms with Gasteiger partial charge in [0.15, 0.2) is 0 Å². The van der Waals surface area contributed by atoms with Crippen molar-refractivity contribution in [3.05, 3.63) is 39.4 Å². The Morgan fingerprint density at radius 1 is 1.45 bits per heavy atom. The van der Waals surface area contributed by atoms with Crippen LogP contribution in [0.5, 0.6) is 0 Å². The van der Waals surface area contributed by atoms with Crippen LogP contribution >= 0.6 is 15.9 Å². The Morgan fingerprint density at radius 3 is 2.77 bits per heavy atom. The van der Waals surface area contributed by atoms with Crippen LogP contribution < -0.4 is 4.72 Å². The van der Waals surface area contributed by atoms with E-state index in [1.807, 2.05) is 6.08 Å². The molecule has 0 atom stereocenters. The Kier molecular flexibility index (Phi) is 5.38. The van der Waals surface area contributed by atoms with Crippen molar-refractivity contribution in [2.75, 3.05) is 19.8 Å². The molecule has 1 aromatic carbocycles. The number of hydrogen-bond donors (Lipinski definition) is 2. The standard InChI is InChI=1S/C14H16BrNO5S/c1-9-12(14(17)18)5-11(15)6-13(9)22(19,20)16-7-10-3-2-4-21-8-10/h3,5-6,16H,2,4,7-8H2,1H3,(H,17,18). The lowest BCUT2D eigenvalue weighted by Gasteiger charge is -2.16. The minimum absolute atomic E-state index is 0.0448. The zero-order valence-electron chi connectivity index (χ0n) is 11.9. The first-order valence-electron chi connectivity index (χ1n) is 6.60. The summed E-state index contributed by atoms with van der Waals surface area (Å²) < 4.78 is 33.0. The van der Waals surface area contributed by atoms with Gasteiger partial charge in [-0.05, 0) is 36.6 Å². The predicted octanol–water partition coefficient (Wildman–Crippen LogP) is 2.08. The molecule has 0 saturated heterocycles. The van der Waals surface area contributed by atoms with Crippen molar-refractivity contribution in [2.24, 2.45) is 0 Å². The van der Waals surface area contributed by atoms with Crippen molar-refractivity contribution in [1.29, 1.82) is 0 Å². The first-order chi connectivity index (χ1) is 10.3. The average molecular weight is 390 g/mol. The van der Waals surface area contributed by atoms with E-state index in [1.54, 1.807) is 0 Å². The molecule has 0 amide bonds. The zero-order chi connectivity index (χ0) is 16.3. The van der Waals surface area contributed by atoms with Gasteiger partial charge in [-0.25, -0.2) is 17.9 Å². The third-order valence-corrected chi connectivity index (χ3v) is 5.30. The monoisotopic (exact) mass is 389 g/mol. The van der Waals surface area contributed by atoms with Crippen molar-refractivity contribution >= 4 is 31.9 Å². The molecule has 6 nitrogen and oxygen atoms in total. The van der Waals surface area contributed by atoms with Crippen LogP contribution in [0.3, 0.4) is 0 Å². The number of rotatable bonds is 5. The van der Waals surface area contributed by atoms with Gasteiger partial charge in [-0.3, -0.25) is 0 Å². The Morgan fingerprint density at radius 2 is 2.18 bits per heavy atom. The molecule has 8 heteroatoms. The molecule has 2 N–H and O–H groups in total. The van der Waals surface area contributed by atoms with Crippen LogP contribution in [0.15, 0.2) is 33.2 Å². The topological polar surface area (TPSA) is 92.7 Å². The molecule has 120 valence electrons. The number of benzene rings is 1. The summed E-state index contributed by atoms with van der Waals surface area (Å²) in [4.78, 5) is 11.2. The van der Waals surface area contributed by atoms with Crippen LogP contribution in [-0.2, 0) is 14.8 Å². The fraction of sp³-hybridized carbons (Fsp3) is 0.357. The summed E-state index contributed by atoms with van der Waals surface area (Å²) in [7, 11) is -3.81. The van der Waals surface area contributed by atoms with Gasteiger partial charge in [0.2, 0.25) is 10.0 Å². The van der Waals surface area contributed by atoms with E-state index in [1.165, 1.54) is 19.1 Å². The average Bonchev–Trinajstić information content (AvgIpc) is 2.48. The van der Waals surface area contributed by atoms with E-state index in [2.05, 4.69) is 20.7 Å². The van der Waals surface area contributed by atoms with E-state index in [0.29, 0.717) is 17.7 Å². The van der Waals surface area contributed by atoms with Crippen LogP contribution in [0.4, 0.5) is 0 Å². The lowest BCUT2D eigenvalue weighted by atomic mass is 10.1. The first-order valence-corrected chi connectivity index (χ1v) is 8.87. The maximum atomic E-state index is 12.4. The molecular formula is C14H16BrNO5S. The molecule has 1 aliphatic heterocycles. The summed E-state index contributed by atoms with van der Waals surface area (Å²) in [6, 6.07) is 2.78. The summed E-state index contributed by atoms with van der Waals surface area (Å²) in [5.74, 6) is -1.17. The molecule has 0 aliphatic carbocycles. The molecule has 1 aliphatic rings. The molecule has 0 saturated carbocycles. The second kappa shape index (κ2) is 6.91. The fourth-order valence-electron chi connectivity index (χ4n) is 2.15. The third kappa shape index (κ3) is 3.95. The zero-order valence-corrected chi connectivity index (χ0v) is 14.3. The second-order valence-electron chi connectivity index (χ2n) is 4.91. The quantitative estimate of drug-likeness (QED) is 0.751. The molecular weight excluding hydrogens is 374 g/mol. The Hall–Kier alpha value is -1.22. The maximum absolute atomic E-state index is 12.4. The van der Waals surface area contributed by atoms with Crippen LogP contribution in [0, 0.1) is 6.92 Å². The number of carboxylic acid groups (broad SMARTS) is 1. The molecule has 1 aromatic rings. The van der Waals surface area contributed by atoms with Crippen LogP contribution in [0.25, 0.3) is 0 Å². The molecule has 0 bridgehead atoms. The van der Waals surface area contributed by atoms with Crippen LogP contribution in [0.2, 0.25) is 0 Å². The normalized spacial score (nSPS) is 15.5. The highest BCUT2D eigenvalue weighted by molar-refractivity contribution is 9.10. The van der Waals surface area contributed by atoms with E-state index in [9.17, 15) is 13.2 Å². The summed E-state index contributed by atoms with van der Waals surface area (Å²) in [5.41, 5.74) is 1.02. The Bertz CT molecular complexity index is 727.